The van der Waals surface area contributed by atoms with Crippen LogP contribution < -0.4 is 0 Å². The summed E-state index contributed by atoms with van der Waals surface area (Å²) in [6.07, 6.45) is -3.88. The number of halogens is 3. The normalized spacial score (nSPS) is 12.9. The van der Waals surface area contributed by atoms with Gasteiger partial charge < -0.3 is 0 Å². The van der Waals surface area contributed by atoms with Crippen LogP contribution in [0.5, 0.6) is 0 Å². The zero-order valence-electron chi connectivity index (χ0n) is 14.3. The Hall–Kier alpha value is -3.07. The Morgan fingerprint density at radius 3 is 2.19 bits per heavy atom. The summed E-state index contributed by atoms with van der Waals surface area (Å²) in [6.45, 7) is 0. The summed E-state index contributed by atoms with van der Waals surface area (Å²) in [7, 11) is 0. The van der Waals surface area contributed by atoms with E-state index in [2.05, 4.69) is 0 Å². The first-order chi connectivity index (χ1) is 13.0. The van der Waals surface area contributed by atoms with Crippen LogP contribution in [0, 0.1) is 0 Å². The Balaban J connectivity index is 1.88. The summed E-state index contributed by atoms with van der Waals surface area (Å²) in [4.78, 5) is 0. The first kappa shape index (κ1) is 16.1. The van der Waals surface area contributed by atoms with Crippen molar-refractivity contribution in [2.45, 2.75) is 12.6 Å². The zero-order valence-corrected chi connectivity index (χ0v) is 14.3. The van der Waals surface area contributed by atoms with Crippen LogP contribution in [-0.2, 0) is 12.6 Å². The summed E-state index contributed by atoms with van der Waals surface area (Å²) in [6, 6.07) is 23.9. The molecule has 1 aliphatic rings. The Morgan fingerprint density at radius 1 is 0.630 bits per heavy atom. The van der Waals surface area contributed by atoms with Crippen molar-refractivity contribution in [2.75, 3.05) is 0 Å². The minimum absolute atomic E-state index is 0.313. The van der Waals surface area contributed by atoms with Gasteiger partial charge in [-0.2, -0.15) is 13.2 Å². The molecule has 3 heteroatoms. The molecule has 0 bridgehead atoms. The lowest BCUT2D eigenvalue weighted by Gasteiger charge is -2.19. The minimum atomic E-state index is -4.41. The molecule has 0 aromatic heterocycles. The molecule has 0 aliphatic heterocycles. The number of hydrogen-bond donors (Lipinski definition) is 0. The Morgan fingerprint density at radius 2 is 1.33 bits per heavy atom. The highest BCUT2D eigenvalue weighted by Crippen LogP contribution is 2.48. The van der Waals surface area contributed by atoms with E-state index >= 15 is 0 Å². The predicted octanol–water partition coefficient (Wildman–Crippen LogP) is 7.10. The fourth-order valence-electron chi connectivity index (χ4n) is 4.20. The van der Waals surface area contributed by atoms with Crippen LogP contribution >= 0.6 is 0 Å². The van der Waals surface area contributed by atoms with Crippen molar-refractivity contribution in [3.63, 3.8) is 0 Å². The molecule has 0 N–H and O–H groups in total. The SMILES string of the molecule is FC(F)(F)c1ccc2c(c1-c1cccc3ccccc13)Cc1ccccc1-2. The molecule has 4 aromatic carbocycles. The van der Waals surface area contributed by atoms with E-state index in [4.69, 9.17) is 0 Å². The molecule has 5 rings (SSSR count). The van der Waals surface area contributed by atoms with Gasteiger partial charge in [0.2, 0.25) is 0 Å². The van der Waals surface area contributed by atoms with Crippen LogP contribution in [-0.4, -0.2) is 0 Å². The van der Waals surface area contributed by atoms with Gasteiger partial charge in [0.25, 0.3) is 0 Å². The van der Waals surface area contributed by atoms with Gasteiger partial charge in [-0.05, 0) is 56.6 Å². The van der Waals surface area contributed by atoms with Crippen molar-refractivity contribution in [3.8, 4) is 22.3 Å². The highest BCUT2D eigenvalue weighted by atomic mass is 19.4. The molecule has 132 valence electrons. The number of benzene rings is 4. The molecule has 0 radical (unpaired) electrons. The average molecular weight is 360 g/mol. The van der Waals surface area contributed by atoms with Gasteiger partial charge in [0.1, 0.15) is 0 Å². The van der Waals surface area contributed by atoms with Crippen molar-refractivity contribution in [2.24, 2.45) is 0 Å². The highest BCUT2D eigenvalue weighted by molar-refractivity contribution is 6.00. The van der Waals surface area contributed by atoms with Crippen molar-refractivity contribution < 1.29 is 13.2 Å². The second-order valence-corrected chi connectivity index (χ2v) is 6.87. The molecule has 0 saturated heterocycles. The van der Waals surface area contributed by atoms with Gasteiger partial charge in [-0.1, -0.05) is 72.8 Å². The molecular weight excluding hydrogens is 345 g/mol. The summed E-state index contributed by atoms with van der Waals surface area (Å²) in [5.41, 5.74) is 4.17. The molecule has 0 amide bonds. The van der Waals surface area contributed by atoms with Gasteiger partial charge >= 0.3 is 6.18 Å². The van der Waals surface area contributed by atoms with Crippen molar-refractivity contribution in [1.82, 2.24) is 0 Å². The molecule has 0 atom stereocenters. The lowest BCUT2D eigenvalue weighted by molar-refractivity contribution is -0.137. The van der Waals surface area contributed by atoms with Crippen molar-refractivity contribution in [1.29, 1.82) is 0 Å². The third-order valence-electron chi connectivity index (χ3n) is 5.35. The summed E-state index contributed by atoms with van der Waals surface area (Å²) >= 11 is 0. The van der Waals surface area contributed by atoms with E-state index in [0.717, 1.165) is 33.0 Å². The van der Waals surface area contributed by atoms with Gasteiger partial charge in [-0.3, -0.25) is 0 Å². The molecule has 0 saturated carbocycles. The van der Waals surface area contributed by atoms with E-state index in [1.807, 2.05) is 60.7 Å². The van der Waals surface area contributed by atoms with Crippen LogP contribution in [0.1, 0.15) is 16.7 Å². The van der Waals surface area contributed by atoms with Crippen LogP contribution in [0.15, 0.2) is 78.9 Å². The van der Waals surface area contributed by atoms with Gasteiger partial charge in [0.15, 0.2) is 0 Å². The largest absolute Gasteiger partial charge is 0.417 e. The van der Waals surface area contributed by atoms with Crippen LogP contribution in [0.2, 0.25) is 0 Å². The van der Waals surface area contributed by atoms with Gasteiger partial charge in [-0.15, -0.1) is 0 Å². The number of rotatable bonds is 1. The lowest BCUT2D eigenvalue weighted by atomic mass is 9.88. The second kappa shape index (κ2) is 5.71. The third kappa shape index (κ3) is 2.46. The molecule has 0 unspecified atom stereocenters. The minimum Gasteiger partial charge on any atom is -0.166 e. The lowest BCUT2D eigenvalue weighted by Crippen LogP contribution is -2.09. The van der Waals surface area contributed by atoms with Crippen LogP contribution in [0.4, 0.5) is 13.2 Å². The summed E-state index contributed by atoms with van der Waals surface area (Å²) in [5, 5.41) is 1.78. The van der Waals surface area contributed by atoms with E-state index in [1.165, 1.54) is 6.07 Å². The fourth-order valence-corrected chi connectivity index (χ4v) is 4.20. The van der Waals surface area contributed by atoms with Gasteiger partial charge in [0.05, 0.1) is 5.56 Å². The smallest absolute Gasteiger partial charge is 0.166 e. The second-order valence-electron chi connectivity index (χ2n) is 6.87. The summed E-state index contributed by atoms with van der Waals surface area (Å²) < 4.78 is 41.8. The van der Waals surface area contributed by atoms with Crippen LogP contribution in [0.3, 0.4) is 0 Å². The molecule has 0 spiro atoms. The molecule has 27 heavy (non-hydrogen) atoms. The molecular formula is C24H15F3. The predicted molar refractivity (Wildman–Crippen MR) is 103 cm³/mol. The molecule has 0 nitrogen and oxygen atoms in total. The first-order valence-electron chi connectivity index (χ1n) is 8.83. The Bertz CT molecular complexity index is 1180. The number of fused-ring (bicyclic) bond motifs is 4. The van der Waals surface area contributed by atoms with E-state index < -0.39 is 11.7 Å². The highest BCUT2D eigenvalue weighted by Gasteiger charge is 2.37. The van der Waals surface area contributed by atoms with E-state index in [0.29, 0.717) is 17.5 Å². The van der Waals surface area contributed by atoms with Gasteiger partial charge in [-0.25, -0.2) is 0 Å². The molecule has 0 heterocycles. The first-order valence-corrected chi connectivity index (χ1v) is 8.83. The molecule has 4 aromatic rings. The number of alkyl halides is 3. The maximum Gasteiger partial charge on any atom is 0.417 e. The van der Waals surface area contributed by atoms with Gasteiger partial charge in [0, 0.05) is 0 Å². The van der Waals surface area contributed by atoms with Crippen molar-refractivity contribution >= 4 is 10.8 Å². The topological polar surface area (TPSA) is 0 Å². The molecule has 0 fully saturated rings. The summed E-state index contributed by atoms with van der Waals surface area (Å²) in [5.74, 6) is 0. The van der Waals surface area contributed by atoms with Crippen LogP contribution in [0.25, 0.3) is 33.0 Å². The monoisotopic (exact) mass is 360 g/mol. The average Bonchev–Trinajstić information content (AvgIpc) is 3.05. The standard InChI is InChI=1S/C24H15F3/c25-24(26,27)22-13-12-19-18-10-4-2-7-16(18)14-21(19)23(22)20-11-5-8-15-6-1-3-9-17(15)20/h1-13H,14H2. The Labute approximate surface area is 154 Å². The van der Waals surface area contributed by atoms with E-state index in [9.17, 15) is 13.2 Å². The molecule has 1 aliphatic carbocycles. The Kier molecular flexibility index (Phi) is 3.41. The number of hydrogen-bond acceptors (Lipinski definition) is 0. The van der Waals surface area contributed by atoms with E-state index in [-0.39, 0.29) is 0 Å². The van der Waals surface area contributed by atoms with Crippen molar-refractivity contribution in [3.05, 3.63) is 95.6 Å². The maximum absolute atomic E-state index is 13.9. The maximum atomic E-state index is 13.9. The zero-order chi connectivity index (χ0) is 18.6. The quantitative estimate of drug-likeness (QED) is 0.299. The van der Waals surface area contributed by atoms with E-state index in [1.54, 1.807) is 12.1 Å². The third-order valence-corrected chi connectivity index (χ3v) is 5.35. The fraction of sp³-hybridized carbons (Fsp3) is 0.0833.